The number of benzene rings is 1. The van der Waals surface area contributed by atoms with Crippen LogP contribution < -0.4 is 10.2 Å². The fraction of sp³-hybridized carbons (Fsp3) is 0.680. The molecule has 33 heavy (non-hydrogen) atoms. The maximum absolute atomic E-state index is 14.2. The molecule has 5 fully saturated rings. The van der Waals surface area contributed by atoms with Crippen molar-refractivity contribution >= 4 is 17.6 Å². The van der Waals surface area contributed by atoms with Gasteiger partial charge in [-0.05, 0) is 75.8 Å². The standard InChI is InChI=1S/C25H33F2N3O3/c1-24(2,30-7-5-29(6-8-30)20-4-3-18(26)11-19(20)27)22(31)28-21-16-9-15-10-17(21)14-25(12-15,13-16)23(32)33/h3-4,11,15-17,21H,5-10,12-14H2,1-2H3,(H,28,31)(H,32,33). The topological polar surface area (TPSA) is 72.9 Å². The molecule has 0 aromatic heterocycles. The summed E-state index contributed by atoms with van der Waals surface area (Å²) < 4.78 is 27.4. The van der Waals surface area contributed by atoms with Crippen LogP contribution in [0.5, 0.6) is 0 Å². The van der Waals surface area contributed by atoms with Crippen LogP contribution in [-0.2, 0) is 9.59 Å². The fourth-order valence-corrected chi connectivity index (χ4v) is 7.24. The van der Waals surface area contributed by atoms with Gasteiger partial charge in [-0.15, -0.1) is 0 Å². The largest absolute Gasteiger partial charge is 0.481 e. The third-order valence-electron chi connectivity index (χ3n) is 8.90. The molecule has 4 saturated carbocycles. The van der Waals surface area contributed by atoms with Crippen molar-refractivity contribution in [2.24, 2.45) is 23.2 Å². The van der Waals surface area contributed by atoms with Gasteiger partial charge in [0.15, 0.2) is 0 Å². The molecule has 180 valence electrons. The van der Waals surface area contributed by atoms with Gasteiger partial charge in [-0.2, -0.15) is 0 Å². The molecule has 6 rings (SSSR count). The lowest BCUT2D eigenvalue weighted by molar-refractivity contribution is -0.168. The molecule has 1 heterocycles. The Labute approximate surface area is 193 Å². The first-order valence-corrected chi connectivity index (χ1v) is 12.1. The van der Waals surface area contributed by atoms with E-state index in [0.29, 0.717) is 50.6 Å². The van der Waals surface area contributed by atoms with E-state index in [-0.39, 0.29) is 23.8 Å². The van der Waals surface area contributed by atoms with Crippen molar-refractivity contribution in [3.8, 4) is 0 Å². The van der Waals surface area contributed by atoms with Gasteiger partial charge in [-0.1, -0.05) is 0 Å². The van der Waals surface area contributed by atoms with Gasteiger partial charge in [-0.25, -0.2) is 8.78 Å². The number of amides is 1. The lowest BCUT2D eigenvalue weighted by atomic mass is 9.48. The van der Waals surface area contributed by atoms with E-state index < -0.39 is 28.6 Å². The number of carbonyl (C=O) groups is 2. The highest BCUT2D eigenvalue weighted by Gasteiger charge is 2.59. The van der Waals surface area contributed by atoms with Gasteiger partial charge < -0.3 is 15.3 Å². The van der Waals surface area contributed by atoms with Gasteiger partial charge in [0.1, 0.15) is 11.6 Å². The van der Waals surface area contributed by atoms with Crippen LogP contribution in [0.1, 0.15) is 46.0 Å². The van der Waals surface area contributed by atoms with Crippen LogP contribution in [0.25, 0.3) is 0 Å². The van der Waals surface area contributed by atoms with Crippen LogP contribution in [0.2, 0.25) is 0 Å². The number of anilines is 1. The number of carboxylic acids is 1. The summed E-state index contributed by atoms with van der Waals surface area (Å²) in [6.45, 7) is 6.14. The summed E-state index contributed by atoms with van der Waals surface area (Å²) in [6, 6.07) is 3.68. The summed E-state index contributed by atoms with van der Waals surface area (Å²) in [5.74, 6) is -0.892. The molecule has 0 spiro atoms. The minimum Gasteiger partial charge on any atom is -0.481 e. The highest BCUT2D eigenvalue weighted by molar-refractivity contribution is 5.86. The Hall–Kier alpha value is -2.22. The molecule has 0 radical (unpaired) electrons. The Morgan fingerprint density at radius 3 is 2.27 bits per heavy atom. The molecule has 1 aromatic carbocycles. The van der Waals surface area contributed by atoms with Gasteiger partial charge in [0.2, 0.25) is 5.91 Å². The van der Waals surface area contributed by atoms with Gasteiger partial charge in [0.05, 0.1) is 16.6 Å². The zero-order valence-corrected chi connectivity index (χ0v) is 19.3. The van der Waals surface area contributed by atoms with Crippen molar-refractivity contribution in [2.75, 3.05) is 31.1 Å². The predicted molar refractivity (Wildman–Crippen MR) is 120 cm³/mol. The third-order valence-corrected chi connectivity index (χ3v) is 8.90. The van der Waals surface area contributed by atoms with E-state index in [2.05, 4.69) is 10.2 Å². The Balaban J connectivity index is 1.22. The Kier molecular flexibility index (Phi) is 5.42. The number of carbonyl (C=O) groups excluding carboxylic acids is 1. The maximum Gasteiger partial charge on any atom is 0.309 e. The number of nitrogens with one attached hydrogen (secondary N) is 1. The van der Waals surface area contributed by atoms with E-state index in [9.17, 15) is 23.5 Å². The molecule has 2 unspecified atom stereocenters. The second-order valence-electron chi connectivity index (χ2n) is 11.2. The quantitative estimate of drug-likeness (QED) is 0.704. The van der Waals surface area contributed by atoms with E-state index in [1.165, 1.54) is 12.1 Å². The van der Waals surface area contributed by atoms with Crippen molar-refractivity contribution in [3.63, 3.8) is 0 Å². The van der Waals surface area contributed by atoms with E-state index in [1.807, 2.05) is 18.7 Å². The number of carboxylic acid groups (broad SMARTS) is 1. The van der Waals surface area contributed by atoms with Crippen LogP contribution in [0, 0.1) is 34.8 Å². The summed E-state index contributed by atoms with van der Waals surface area (Å²) in [6.07, 6.45) is 4.16. The first-order chi connectivity index (χ1) is 15.6. The lowest BCUT2D eigenvalue weighted by Gasteiger charge is -2.58. The molecule has 1 aliphatic heterocycles. The zero-order valence-electron chi connectivity index (χ0n) is 19.3. The van der Waals surface area contributed by atoms with Crippen LogP contribution in [0.4, 0.5) is 14.5 Å². The second kappa shape index (κ2) is 7.93. The number of halogens is 2. The minimum absolute atomic E-state index is 0.0224. The molecule has 1 amide bonds. The number of nitrogens with zero attached hydrogens (tertiary/aromatic N) is 2. The van der Waals surface area contributed by atoms with Gasteiger partial charge in [0.25, 0.3) is 0 Å². The van der Waals surface area contributed by atoms with Crippen LogP contribution in [0.3, 0.4) is 0 Å². The van der Waals surface area contributed by atoms with Gasteiger partial charge >= 0.3 is 5.97 Å². The second-order valence-corrected chi connectivity index (χ2v) is 11.2. The maximum atomic E-state index is 14.2. The summed E-state index contributed by atoms with van der Waals surface area (Å²) in [5, 5.41) is 13.2. The summed E-state index contributed by atoms with van der Waals surface area (Å²) in [5.41, 5.74) is -0.926. The molecular weight excluding hydrogens is 428 g/mol. The Morgan fingerprint density at radius 2 is 1.70 bits per heavy atom. The molecule has 2 atom stereocenters. The smallest absolute Gasteiger partial charge is 0.309 e. The summed E-state index contributed by atoms with van der Waals surface area (Å²) in [7, 11) is 0. The molecular formula is C25H33F2N3O3. The number of rotatable bonds is 5. The van der Waals surface area contributed by atoms with Crippen LogP contribution in [-0.4, -0.2) is 59.6 Å². The number of hydrogen-bond donors (Lipinski definition) is 2. The minimum atomic E-state index is -0.730. The van der Waals surface area contributed by atoms with Crippen molar-refractivity contribution < 1.29 is 23.5 Å². The Bertz CT molecular complexity index is 944. The van der Waals surface area contributed by atoms with Gasteiger partial charge in [0, 0.05) is 38.3 Å². The molecule has 2 N–H and O–H groups in total. The van der Waals surface area contributed by atoms with E-state index >= 15 is 0 Å². The lowest BCUT2D eigenvalue weighted by Crippen LogP contribution is -2.66. The number of hydrogen-bond acceptors (Lipinski definition) is 4. The molecule has 1 saturated heterocycles. The first kappa shape index (κ1) is 22.6. The number of piperazine rings is 1. The monoisotopic (exact) mass is 461 g/mol. The molecule has 1 aromatic rings. The molecule has 4 bridgehead atoms. The van der Waals surface area contributed by atoms with Crippen molar-refractivity contribution in [1.82, 2.24) is 10.2 Å². The highest BCUT2D eigenvalue weighted by Crippen LogP contribution is 2.60. The summed E-state index contributed by atoms with van der Waals surface area (Å²) in [4.78, 5) is 29.4. The molecule has 6 nitrogen and oxygen atoms in total. The molecule has 5 aliphatic rings. The van der Waals surface area contributed by atoms with Crippen LogP contribution in [0.15, 0.2) is 18.2 Å². The van der Waals surface area contributed by atoms with Crippen LogP contribution >= 0.6 is 0 Å². The Morgan fingerprint density at radius 1 is 1.06 bits per heavy atom. The summed E-state index contributed by atoms with van der Waals surface area (Å²) >= 11 is 0. The average molecular weight is 462 g/mol. The normalized spacial score (nSPS) is 33.9. The first-order valence-electron chi connectivity index (χ1n) is 12.1. The predicted octanol–water partition coefficient (Wildman–Crippen LogP) is 3.26. The van der Waals surface area contributed by atoms with Crippen molar-refractivity contribution in [2.45, 2.75) is 57.5 Å². The molecule has 8 heteroatoms. The number of aliphatic carboxylic acids is 1. The third kappa shape index (κ3) is 3.80. The van der Waals surface area contributed by atoms with Gasteiger partial charge in [-0.3, -0.25) is 14.5 Å². The van der Waals surface area contributed by atoms with Crippen molar-refractivity contribution in [1.29, 1.82) is 0 Å². The SMILES string of the molecule is CC(C)(C(=O)NC1C2CC3CC1CC(C(=O)O)(C3)C2)N1CCN(c2ccc(F)cc2F)CC1. The van der Waals surface area contributed by atoms with E-state index in [4.69, 9.17) is 0 Å². The zero-order chi connectivity index (χ0) is 23.5. The van der Waals surface area contributed by atoms with E-state index in [1.54, 1.807) is 0 Å². The fourth-order valence-electron chi connectivity index (χ4n) is 7.24. The van der Waals surface area contributed by atoms with E-state index in [0.717, 1.165) is 25.3 Å². The van der Waals surface area contributed by atoms with Crippen molar-refractivity contribution in [3.05, 3.63) is 29.8 Å². The highest BCUT2D eigenvalue weighted by atomic mass is 19.1. The molecule has 4 aliphatic carbocycles. The average Bonchev–Trinajstić information content (AvgIpc) is 2.75.